The predicted molar refractivity (Wildman–Crippen MR) is 177 cm³/mol. The number of fused-ring (bicyclic) bond motifs is 2. The Morgan fingerprint density at radius 2 is 1.65 bits per heavy atom. The van der Waals surface area contributed by atoms with Gasteiger partial charge in [-0.3, -0.25) is 33.6 Å². The van der Waals surface area contributed by atoms with Crippen molar-refractivity contribution in [2.45, 2.75) is 121 Å². The zero-order valence-corrected chi connectivity index (χ0v) is 28.8. The van der Waals surface area contributed by atoms with E-state index < -0.39 is 53.4 Å². The number of nitrogens with one attached hydrogen (secondary N) is 3. The van der Waals surface area contributed by atoms with Crippen LogP contribution in [0, 0.1) is 5.92 Å². The van der Waals surface area contributed by atoms with Crippen molar-refractivity contribution in [1.29, 1.82) is 0 Å². The molecule has 2 unspecified atom stereocenters. The number of ketones is 1. The molecule has 1 aromatic carbocycles. The number of carbonyl (C=O) groups is 6. The maximum absolute atomic E-state index is 14.3. The highest BCUT2D eigenvalue weighted by Crippen LogP contribution is 2.45. The fourth-order valence-electron chi connectivity index (χ4n) is 6.95. The second-order valence-electron chi connectivity index (χ2n) is 13.1. The van der Waals surface area contributed by atoms with E-state index in [4.69, 9.17) is 9.57 Å². The van der Waals surface area contributed by atoms with Crippen LogP contribution in [-0.2, 0) is 43.9 Å². The van der Waals surface area contributed by atoms with E-state index in [0.29, 0.717) is 69.2 Å². The minimum atomic E-state index is -1.70. The van der Waals surface area contributed by atoms with E-state index in [1.165, 1.54) is 14.2 Å². The number of unbranched alkanes of at least 4 members (excludes halogenated alkanes) is 2. The number of hydrogen-bond donors (Lipinski definition) is 3. The smallest absolute Gasteiger partial charge is 0.287 e. The van der Waals surface area contributed by atoms with Gasteiger partial charge in [0.2, 0.25) is 23.6 Å². The van der Waals surface area contributed by atoms with E-state index in [1.807, 2.05) is 20.8 Å². The molecule has 13 nitrogen and oxygen atoms in total. The molecule has 3 aliphatic rings. The van der Waals surface area contributed by atoms with E-state index in [0.717, 1.165) is 11.5 Å². The minimum absolute atomic E-state index is 0.167. The zero-order chi connectivity index (χ0) is 35.0. The average molecular weight is 670 g/mol. The van der Waals surface area contributed by atoms with Crippen LogP contribution in [-0.4, -0.2) is 85.2 Å². The van der Waals surface area contributed by atoms with E-state index in [-0.39, 0.29) is 30.4 Å². The van der Waals surface area contributed by atoms with Crippen molar-refractivity contribution in [3.63, 3.8) is 0 Å². The number of anilines is 1. The monoisotopic (exact) mass is 669 g/mol. The molecule has 0 spiro atoms. The summed E-state index contributed by atoms with van der Waals surface area (Å²) in [5.41, 5.74) is -0.788. The molecule has 3 aliphatic heterocycles. The molecule has 48 heavy (non-hydrogen) atoms. The quantitative estimate of drug-likeness (QED) is 0.270. The lowest BCUT2D eigenvalue weighted by Gasteiger charge is -2.40. The Balaban J connectivity index is 1.71. The summed E-state index contributed by atoms with van der Waals surface area (Å²) in [5, 5.41) is 9.72. The van der Waals surface area contributed by atoms with Crippen LogP contribution in [0.3, 0.4) is 0 Å². The molecular weight excluding hydrogens is 618 g/mol. The zero-order valence-electron chi connectivity index (χ0n) is 28.8. The van der Waals surface area contributed by atoms with Crippen LogP contribution in [0.5, 0.6) is 0 Å². The SMILES string of the molecule is CCC(=O)CCCCC[C@@H]1NC(=O)[C@H]2CCCCN2C(=O)[C@H](C(C)CC)NC(=O)[C@H](CC2(OC)C(=O)N(OC)c3ccccc32)NC1=O. The lowest BCUT2D eigenvalue weighted by Crippen LogP contribution is -2.64. The number of hydroxylamine groups is 1. The van der Waals surface area contributed by atoms with Crippen LogP contribution in [0.4, 0.5) is 5.69 Å². The third kappa shape index (κ3) is 7.72. The number of benzene rings is 1. The van der Waals surface area contributed by atoms with Gasteiger partial charge in [-0.25, -0.2) is 0 Å². The highest BCUT2D eigenvalue weighted by Gasteiger charge is 2.55. The highest BCUT2D eigenvalue weighted by atomic mass is 16.7. The van der Waals surface area contributed by atoms with Crippen LogP contribution < -0.4 is 21.0 Å². The number of methoxy groups -OCH3 is 1. The van der Waals surface area contributed by atoms with Gasteiger partial charge >= 0.3 is 0 Å². The summed E-state index contributed by atoms with van der Waals surface area (Å²) in [5.74, 6) is -2.69. The van der Waals surface area contributed by atoms with Crippen LogP contribution in [0.25, 0.3) is 0 Å². The highest BCUT2D eigenvalue weighted by molar-refractivity contribution is 6.06. The molecule has 3 heterocycles. The molecule has 2 fully saturated rings. The Morgan fingerprint density at radius 1 is 0.938 bits per heavy atom. The average Bonchev–Trinajstić information content (AvgIpc) is 3.34. The van der Waals surface area contributed by atoms with Gasteiger partial charge in [-0.2, -0.15) is 5.06 Å². The first-order valence-electron chi connectivity index (χ1n) is 17.3. The van der Waals surface area contributed by atoms with Gasteiger partial charge in [0.25, 0.3) is 5.91 Å². The second-order valence-corrected chi connectivity index (χ2v) is 13.1. The summed E-state index contributed by atoms with van der Waals surface area (Å²) in [7, 11) is 2.71. The van der Waals surface area contributed by atoms with Crippen LogP contribution in [0.15, 0.2) is 24.3 Å². The fourth-order valence-corrected chi connectivity index (χ4v) is 6.95. The number of hydrogen-bond acceptors (Lipinski definition) is 8. The Labute approximate surface area is 282 Å². The van der Waals surface area contributed by atoms with E-state index in [1.54, 1.807) is 29.2 Å². The predicted octanol–water partition coefficient (Wildman–Crippen LogP) is 2.65. The van der Waals surface area contributed by atoms with E-state index in [2.05, 4.69) is 16.0 Å². The first-order valence-corrected chi connectivity index (χ1v) is 17.3. The van der Waals surface area contributed by atoms with Crippen LogP contribution in [0.2, 0.25) is 0 Å². The van der Waals surface area contributed by atoms with Gasteiger partial charge in [0.15, 0.2) is 5.60 Å². The molecule has 264 valence electrons. The number of carbonyl (C=O) groups excluding carboxylic acids is 6. The van der Waals surface area contributed by atoms with Gasteiger partial charge in [-0.15, -0.1) is 0 Å². The summed E-state index contributed by atoms with van der Waals surface area (Å²) in [4.78, 5) is 88.9. The van der Waals surface area contributed by atoms with Crippen molar-refractivity contribution in [2.24, 2.45) is 5.92 Å². The molecule has 2 saturated heterocycles. The molecule has 5 amide bonds. The minimum Gasteiger partial charge on any atom is -0.363 e. The van der Waals surface area contributed by atoms with Gasteiger partial charge in [-0.1, -0.05) is 58.2 Å². The van der Waals surface area contributed by atoms with Crippen molar-refractivity contribution in [3.8, 4) is 0 Å². The van der Waals surface area contributed by atoms with E-state index in [9.17, 15) is 28.8 Å². The summed E-state index contributed by atoms with van der Waals surface area (Å²) in [6, 6.07) is 2.81. The number of amides is 5. The summed E-state index contributed by atoms with van der Waals surface area (Å²) >= 11 is 0. The Bertz CT molecular complexity index is 1370. The van der Waals surface area contributed by atoms with Gasteiger partial charge in [0.1, 0.15) is 30.0 Å². The van der Waals surface area contributed by atoms with Crippen molar-refractivity contribution in [2.75, 3.05) is 25.8 Å². The molecule has 6 atom stereocenters. The summed E-state index contributed by atoms with van der Waals surface area (Å²) in [6.07, 6.45) is 5.24. The Hall–Kier alpha value is -3.84. The molecule has 4 rings (SSSR count). The number of ether oxygens (including phenoxy) is 1. The standard InChI is InChI=1S/C35H51N5O8/c1-6-22(3)29-33(45)39-20-14-13-19-28(39)32(44)36-25(17-10-8-9-15-23(41)7-2)30(42)37-26(31(43)38-29)21-35(47-4)24-16-11-12-18-27(24)40(48-5)34(35)46/h11-12,16,18,22,25-26,28-29H,6-10,13-15,17,19-21H2,1-5H3,(H,36,44)(H,37,42)(H,38,43)/t22?,25-,26-,28+,29-,35?/m0/s1. The molecular formula is C35H51N5O8. The molecule has 0 aromatic heterocycles. The molecule has 0 bridgehead atoms. The summed E-state index contributed by atoms with van der Waals surface area (Å²) in [6.45, 7) is 5.95. The summed E-state index contributed by atoms with van der Waals surface area (Å²) < 4.78 is 5.91. The first-order chi connectivity index (χ1) is 23.0. The number of Topliss-reactive ketones (excluding diaryl/α,β-unsaturated/α-hetero) is 1. The largest absolute Gasteiger partial charge is 0.363 e. The molecule has 0 radical (unpaired) electrons. The maximum atomic E-state index is 14.3. The van der Waals surface area contributed by atoms with Gasteiger partial charge in [0, 0.05) is 38.5 Å². The van der Waals surface area contributed by atoms with Crippen molar-refractivity contribution >= 4 is 41.0 Å². The van der Waals surface area contributed by atoms with Crippen molar-refractivity contribution < 1.29 is 38.3 Å². The van der Waals surface area contributed by atoms with Gasteiger partial charge in [-0.05, 0) is 44.1 Å². The second kappa shape index (κ2) is 16.5. The number of rotatable bonds is 13. The van der Waals surface area contributed by atoms with Gasteiger partial charge in [0.05, 0.1) is 12.8 Å². The van der Waals surface area contributed by atoms with Gasteiger partial charge < -0.3 is 25.6 Å². The van der Waals surface area contributed by atoms with Crippen molar-refractivity contribution in [1.82, 2.24) is 20.9 Å². The van der Waals surface area contributed by atoms with Crippen LogP contribution >= 0.6 is 0 Å². The number of para-hydroxylation sites is 1. The topological polar surface area (TPSA) is 163 Å². The first kappa shape index (κ1) is 37.0. The maximum Gasteiger partial charge on any atom is 0.287 e. The molecule has 13 heteroatoms. The Morgan fingerprint density at radius 3 is 2.33 bits per heavy atom. The third-order valence-electron chi connectivity index (χ3n) is 10.1. The molecule has 1 aromatic rings. The number of piperidine rings is 1. The fraction of sp³-hybridized carbons (Fsp3) is 0.657. The van der Waals surface area contributed by atoms with Crippen molar-refractivity contribution in [3.05, 3.63) is 29.8 Å². The normalized spacial score (nSPS) is 27.2. The molecule has 3 N–H and O–H groups in total. The molecule has 0 saturated carbocycles. The third-order valence-corrected chi connectivity index (χ3v) is 10.1. The Kier molecular flexibility index (Phi) is 12.7. The molecule has 0 aliphatic carbocycles. The number of nitrogens with zero attached hydrogens (tertiary/aromatic N) is 2. The lowest BCUT2D eigenvalue weighted by molar-refractivity contribution is -0.151. The van der Waals surface area contributed by atoms with Crippen LogP contribution in [0.1, 0.15) is 97.0 Å². The van der Waals surface area contributed by atoms with E-state index >= 15 is 0 Å². The lowest BCUT2D eigenvalue weighted by atomic mass is 9.87.